The summed E-state index contributed by atoms with van der Waals surface area (Å²) in [5.41, 5.74) is -0.170. The Morgan fingerprint density at radius 2 is 1.73 bits per heavy atom. The molecule has 12 heteroatoms. The van der Waals surface area contributed by atoms with Crippen LogP contribution in [-0.4, -0.2) is 71.5 Å². The number of ether oxygens (including phenoxy) is 3. The molecule has 0 radical (unpaired) electrons. The Kier molecular flexibility index (Phi) is 9.96. The number of hydrogen-bond acceptors (Lipinski definition) is 7. The number of halogens is 2. The van der Waals surface area contributed by atoms with Crippen LogP contribution in [0.1, 0.15) is 57.1 Å². The molecular weight excluding hydrogens is 576 g/mol. The van der Waals surface area contributed by atoms with Gasteiger partial charge in [-0.1, -0.05) is 6.07 Å². The molecule has 2 aromatic carbocycles. The molecule has 1 amide bonds. The van der Waals surface area contributed by atoms with Crippen LogP contribution in [0.4, 0.5) is 8.78 Å². The van der Waals surface area contributed by atoms with Gasteiger partial charge in [-0.3, -0.25) is 23.5 Å². The van der Waals surface area contributed by atoms with Gasteiger partial charge < -0.3 is 19.1 Å². The van der Waals surface area contributed by atoms with E-state index < -0.39 is 30.7 Å². The van der Waals surface area contributed by atoms with Crippen LogP contribution in [0.2, 0.25) is 0 Å². The van der Waals surface area contributed by atoms with Gasteiger partial charge in [-0.25, -0.2) is 13.6 Å². The number of fused-ring (bicyclic) bond motifs is 1. The fourth-order valence-corrected chi connectivity index (χ4v) is 5.88. The lowest BCUT2D eigenvalue weighted by Crippen LogP contribution is -2.44. The van der Waals surface area contributed by atoms with Crippen molar-refractivity contribution in [3.05, 3.63) is 62.8 Å². The number of alkyl halides is 2. The van der Waals surface area contributed by atoms with Crippen molar-refractivity contribution < 1.29 is 32.6 Å². The SMILES string of the molecule is CC(=O)COc1cc(Cn2c(=O)c3cc(OC(CF)CF)ccc3n(C3CCN(C=O)CC3)c2=O)ccc1OC1CCCC1. The first-order valence-electron chi connectivity index (χ1n) is 15.0. The molecule has 2 aliphatic rings. The average Bonchev–Trinajstić information content (AvgIpc) is 3.55. The van der Waals surface area contributed by atoms with Crippen molar-refractivity contribution in [2.24, 2.45) is 0 Å². The lowest BCUT2D eigenvalue weighted by molar-refractivity contribution is -0.119. The second-order valence-corrected chi connectivity index (χ2v) is 11.4. The maximum Gasteiger partial charge on any atom is 0.332 e. The van der Waals surface area contributed by atoms with Gasteiger partial charge in [0.25, 0.3) is 5.56 Å². The number of benzene rings is 2. The Balaban J connectivity index is 1.57. The molecule has 0 atom stereocenters. The number of carbonyl (C=O) groups excluding carboxylic acids is 2. The Hall–Kier alpha value is -4.22. The predicted molar refractivity (Wildman–Crippen MR) is 159 cm³/mol. The summed E-state index contributed by atoms with van der Waals surface area (Å²) in [4.78, 5) is 52.5. The van der Waals surface area contributed by atoms with Crippen molar-refractivity contribution in [1.82, 2.24) is 14.0 Å². The molecule has 0 unspecified atom stereocenters. The zero-order valence-electron chi connectivity index (χ0n) is 24.7. The number of amides is 1. The van der Waals surface area contributed by atoms with Gasteiger partial charge in [0.2, 0.25) is 6.41 Å². The van der Waals surface area contributed by atoms with Crippen molar-refractivity contribution in [2.75, 3.05) is 33.0 Å². The van der Waals surface area contributed by atoms with Crippen LogP contribution in [-0.2, 0) is 16.1 Å². The van der Waals surface area contributed by atoms with E-state index in [1.807, 2.05) is 0 Å². The molecule has 2 heterocycles. The van der Waals surface area contributed by atoms with Crippen LogP contribution < -0.4 is 25.5 Å². The van der Waals surface area contributed by atoms with Crippen molar-refractivity contribution in [3.63, 3.8) is 0 Å². The molecule has 3 aromatic rings. The van der Waals surface area contributed by atoms with E-state index in [9.17, 15) is 28.0 Å². The molecule has 1 saturated heterocycles. The number of likely N-dealkylation sites (tertiary alicyclic amines) is 1. The van der Waals surface area contributed by atoms with E-state index in [0.717, 1.165) is 36.7 Å². The molecule has 236 valence electrons. The minimum absolute atomic E-state index is 0.0484. The number of piperidine rings is 1. The molecule has 1 aromatic heterocycles. The Bertz CT molecular complexity index is 1600. The van der Waals surface area contributed by atoms with E-state index in [4.69, 9.17) is 14.2 Å². The third-order valence-corrected chi connectivity index (χ3v) is 8.18. The molecule has 2 fully saturated rings. The van der Waals surface area contributed by atoms with Gasteiger partial charge in [0.1, 0.15) is 25.7 Å². The second-order valence-electron chi connectivity index (χ2n) is 11.4. The van der Waals surface area contributed by atoms with E-state index in [2.05, 4.69) is 0 Å². The van der Waals surface area contributed by atoms with Crippen molar-refractivity contribution in [1.29, 1.82) is 0 Å². The van der Waals surface area contributed by atoms with Gasteiger partial charge in [0, 0.05) is 19.1 Å². The van der Waals surface area contributed by atoms with Crippen molar-refractivity contribution >= 4 is 23.1 Å². The fourth-order valence-electron chi connectivity index (χ4n) is 5.88. The Morgan fingerprint density at radius 3 is 2.39 bits per heavy atom. The van der Waals surface area contributed by atoms with Gasteiger partial charge in [-0.05, 0) is 81.3 Å². The van der Waals surface area contributed by atoms with Crippen LogP contribution >= 0.6 is 0 Å². The summed E-state index contributed by atoms with van der Waals surface area (Å²) in [6, 6.07) is 9.30. The highest BCUT2D eigenvalue weighted by atomic mass is 19.1. The van der Waals surface area contributed by atoms with E-state index in [0.29, 0.717) is 48.5 Å². The van der Waals surface area contributed by atoms with E-state index >= 15 is 0 Å². The number of Topliss-reactive ketones (excluding diaryl/α,β-unsaturated/α-hetero) is 1. The Morgan fingerprint density at radius 1 is 1.00 bits per heavy atom. The number of nitrogens with zero attached hydrogens (tertiary/aromatic N) is 3. The molecule has 0 bridgehead atoms. The van der Waals surface area contributed by atoms with Crippen LogP contribution in [0.25, 0.3) is 10.9 Å². The maximum absolute atomic E-state index is 14.0. The number of ketones is 1. The minimum atomic E-state index is -1.31. The van der Waals surface area contributed by atoms with Crippen LogP contribution in [0.15, 0.2) is 46.0 Å². The zero-order chi connectivity index (χ0) is 31.2. The monoisotopic (exact) mass is 613 g/mol. The molecular formula is C32H37F2N3O7. The van der Waals surface area contributed by atoms with Crippen LogP contribution in [0.5, 0.6) is 17.2 Å². The van der Waals surface area contributed by atoms with Gasteiger partial charge in [0.05, 0.1) is 23.6 Å². The average molecular weight is 614 g/mol. The highest BCUT2D eigenvalue weighted by Crippen LogP contribution is 2.33. The predicted octanol–water partition coefficient (Wildman–Crippen LogP) is 3.98. The number of rotatable bonds is 13. The quantitative estimate of drug-likeness (QED) is 0.268. The lowest BCUT2D eigenvalue weighted by atomic mass is 10.0. The molecule has 5 rings (SSSR count). The van der Waals surface area contributed by atoms with E-state index in [1.54, 1.807) is 33.7 Å². The van der Waals surface area contributed by atoms with Gasteiger partial charge >= 0.3 is 5.69 Å². The second kappa shape index (κ2) is 14.0. The summed E-state index contributed by atoms with van der Waals surface area (Å²) >= 11 is 0. The zero-order valence-corrected chi connectivity index (χ0v) is 24.7. The Labute approximate surface area is 253 Å². The molecule has 1 saturated carbocycles. The molecule has 1 aliphatic carbocycles. The summed E-state index contributed by atoms with van der Waals surface area (Å²) in [5, 5.41) is 0.158. The number of aromatic nitrogens is 2. The number of carbonyl (C=O) groups is 2. The third-order valence-electron chi connectivity index (χ3n) is 8.18. The first-order valence-corrected chi connectivity index (χ1v) is 15.0. The molecule has 10 nitrogen and oxygen atoms in total. The van der Waals surface area contributed by atoms with E-state index in [-0.39, 0.29) is 42.2 Å². The molecule has 44 heavy (non-hydrogen) atoms. The fraction of sp³-hybridized carbons (Fsp3) is 0.500. The van der Waals surface area contributed by atoms with Crippen molar-refractivity contribution in [3.8, 4) is 17.2 Å². The summed E-state index contributed by atoms with van der Waals surface area (Å²) in [7, 11) is 0. The van der Waals surface area contributed by atoms with Crippen LogP contribution in [0.3, 0.4) is 0 Å². The standard InChI is InChI=1S/C32H37F2N3O7/c1-21(39)19-42-30-14-22(6-9-29(30)44-24-4-2-3-5-24)18-36-31(40)27-15-25(43-26(16-33)17-34)7-8-28(27)37(32(36)41)23-10-12-35(20-38)13-11-23/h6-9,14-15,20,23-24,26H,2-5,10-13,16-19H2,1H3. The largest absolute Gasteiger partial charge is 0.487 e. The maximum atomic E-state index is 14.0. The van der Waals surface area contributed by atoms with Crippen LogP contribution in [0, 0.1) is 0 Å². The smallest absolute Gasteiger partial charge is 0.332 e. The first kappa shape index (κ1) is 31.2. The van der Waals surface area contributed by atoms with Gasteiger partial charge in [0.15, 0.2) is 23.4 Å². The normalized spacial score (nSPS) is 16.0. The highest BCUT2D eigenvalue weighted by molar-refractivity contribution is 5.80. The summed E-state index contributed by atoms with van der Waals surface area (Å²) in [6.07, 6.45) is 4.53. The minimum Gasteiger partial charge on any atom is -0.487 e. The molecule has 1 aliphatic heterocycles. The van der Waals surface area contributed by atoms with E-state index in [1.165, 1.54) is 19.1 Å². The number of hydrogen-bond donors (Lipinski definition) is 0. The summed E-state index contributed by atoms with van der Waals surface area (Å²) < 4.78 is 46.4. The van der Waals surface area contributed by atoms with Gasteiger partial charge in [-0.15, -0.1) is 0 Å². The molecule has 0 spiro atoms. The summed E-state index contributed by atoms with van der Waals surface area (Å²) in [5.74, 6) is 0.774. The topological polar surface area (TPSA) is 109 Å². The van der Waals surface area contributed by atoms with Gasteiger partial charge in [-0.2, -0.15) is 0 Å². The highest BCUT2D eigenvalue weighted by Gasteiger charge is 2.26. The summed E-state index contributed by atoms with van der Waals surface area (Å²) in [6.45, 7) is -0.0197. The lowest BCUT2D eigenvalue weighted by Gasteiger charge is -2.31. The van der Waals surface area contributed by atoms with Crippen molar-refractivity contribution in [2.45, 2.75) is 70.2 Å². The first-order chi connectivity index (χ1) is 21.3. The molecule has 0 N–H and O–H groups in total. The third kappa shape index (κ3) is 6.95.